The summed E-state index contributed by atoms with van der Waals surface area (Å²) in [6.45, 7) is 0. The van der Waals surface area contributed by atoms with Crippen molar-refractivity contribution in [2.45, 2.75) is 12.5 Å². The molecule has 0 radical (unpaired) electrons. The molecule has 0 aliphatic carbocycles. The summed E-state index contributed by atoms with van der Waals surface area (Å²) in [6.07, 6.45) is 0.605. The highest BCUT2D eigenvalue weighted by Gasteiger charge is 2.19. The third-order valence-electron chi connectivity index (χ3n) is 5.35. The number of hydrogen-bond acceptors (Lipinski definition) is 8. The fraction of sp³-hybridized carbons (Fsp3) is 0.0769. The van der Waals surface area contributed by atoms with E-state index in [1.165, 1.54) is 0 Å². The van der Waals surface area contributed by atoms with Gasteiger partial charge in [0.1, 0.15) is 10.8 Å². The Morgan fingerprint density at radius 3 is 2.17 bits per heavy atom. The minimum Gasteiger partial charge on any atom is -0.371 e. The number of anilines is 1. The van der Waals surface area contributed by atoms with Crippen LogP contribution in [0.15, 0.2) is 95.7 Å². The SMILES string of the molecule is NS(=O)(=O)Oc1ccc(C[C@H](Nc2nc(-c3ccccc3)cs2)c2csc(-c3ccccc3)n2)cc1. The number of aromatic nitrogens is 2. The smallest absolute Gasteiger partial charge is 0.371 e. The lowest BCUT2D eigenvalue weighted by Gasteiger charge is -2.17. The van der Waals surface area contributed by atoms with Crippen molar-refractivity contribution in [2.75, 3.05) is 5.32 Å². The second-order valence-electron chi connectivity index (χ2n) is 7.97. The second-order valence-corrected chi connectivity index (χ2v) is 10.8. The largest absolute Gasteiger partial charge is 0.380 e. The predicted octanol–water partition coefficient (Wildman–Crippen LogP) is 5.91. The average Bonchev–Trinajstić information content (AvgIpc) is 3.55. The lowest BCUT2D eigenvalue weighted by Crippen LogP contribution is -2.19. The third-order valence-corrected chi connectivity index (χ3v) is 7.45. The molecule has 3 N–H and O–H groups in total. The van der Waals surface area contributed by atoms with Crippen molar-refractivity contribution >= 4 is 38.1 Å². The van der Waals surface area contributed by atoms with Gasteiger partial charge in [-0.2, -0.15) is 13.6 Å². The van der Waals surface area contributed by atoms with Crippen molar-refractivity contribution in [3.63, 3.8) is 0 Å². The van der Waals surface area contributed by atoms with Crippen LogP contribution >= 0.6 is 22.7 Å². The molecular formula is C26H22N4O3S3. The molecule has 1 atom stereocenters. The van der Waals surface area contributed by atoms with Crippen molar-refractivity contribution in [3.8, 4) is 27.6 Å². The van der Waals surface area contributed by atoms with Gasteiger partial charge in [-0.1, -0.05) is 72.8 Å². The standard InChI is InChI=1S/C26H22N4O3S3/c27-36(31,32)33-21-13-11-18(12-14-21)15-22(24-17-34-25(28-24)20-9-5-2-6-10-20)29-26-30-23(16-35-26)19-7-3-1-4-8-19/h1-14,16-17,22H,15H2,(H,29,30)(H2,27,31,32)/t22-/m0/s1. The molecule has 0 aliphatic heterocycles. The molecule has 182 valence electrons. The maximum Gasteiger partial charge on any atom is 0.380 e. The maximum atomic E-state index is 11.2. The van der Waals surface area contributed by atoms with Crippen LogP contribution in [-0.4, -0.2) is 18.4 Å². The number of nitrogens with zero attached hydrogens (tertiary/aromatic N) is 2. The lowest BCUT2D eigenvalue weighted by molar-refractivity contribution is 0.487. The molecule has 0 fully saturated rings. The Kier molecular flexibility index (Phi) is 7.10. The minimum absolute atomic E-state index is 0.154. The molecule has 0 unspecified atom stereocenters. The Bertz CT molecular complexity index is 1530. The highest BCUT2D eigenvalue weighted by Crippen LogP contribution is 2.32. The summed E-state index contributed by atoms with van der Waals surface area (Å²) in [5, 5.41) is 14.4. The normalized spacial score (nSPS) is 12.2. The van der Waals surface area contributed by atoms with Gasteiger partial charge < -0.3 is 9.50 Å². The van der Waals surface area contributed by atoms with Crippen molar-refractivity contribution in [3.05, 3.63) is 107 Å². The van der Waals surface area contributed by atoms with E-state index >= 15 is 0 Å². The second kappa shape index (κ2) is 10.6. The van der Waals surface area contributed by atoms with E-state index in [0.717, 1.165) is 38.2 Å². The predicted molar refractivity (Wildman–Crippen MR) is 145 cm³/mol. The Labute approximate surface area is 217 Å². The van der Waals surface area contributed by atoms with Crippen molar-refractivity contribution in [2.24, 2.45) is 5.14 Å². The Balaban J connectivity index is 1.41. The molecule has 2 aromatic heterocycles. The first-order valence-corrected chi connectivity index (χ1v) is 14.3. The molecule has 0 bridgehead atoms. The van der Waals surface area contributed by atoms with Crippen LogP contribution in [0.3, 0.4) is 0 Å². The molecule has 7 nitrogen and oxygen atoms in total. The highest BCUT2D eigenvalue weighted by atomic mass is 32.2. The number of hydrogen-bond donors (Lipinski definition) is 2. The van der Waals surface area contributed by atoms with Gasteiger partial charge >= 0.3 is 10.3 Å². The summed E-state index contributed by atoms with van der Waals surface area (Å²) in [4.78, 5) is 9.71. The molecule has 0 aliphatic rings. The highest BCUT2D eigenvalue weighted by molar-refractivity contribution is 7.84. The minimum atomic E-state index is -4.07. The van der Waals surface area contributed by atoms with Gasteiger partial charge in [0, 0.05) is 21.9 Å². The van der Waals surface area contributed by atoms with E-state index < -0.39 is 10.3 Å². The van der Waals surface area contributed by atoms with E-state index in [0.29, 0.717) is 6.42 Å². The Morgan fingerprint density at radius 2 is 1.50 bits per heavy atom. The maximum absolute atomic E-state index is 11.2. The van der Waals surface area contributed by atoms with Crippen LogP contribution < -0.4 is 14.6 Å². The zero-order valence-corrected chi connectivity index (χ0v) is 21.4. The molecule has 0 saturated heterocycles. The number of nitrogens with one attached hydrogen (secondary N) is 1. The monoisotopic (exact) mass is 534 g/mol. The van der Waals surface area contributed by atoms with Gasteiger partial charge in [-0.25, -0.2) is 9.97 Å². The fourth-order valence-corrected chi connectivity index (χ4v) is 5.70. The summed E-state index contributed by atoms with van der Waals surface area (Å²) in [5.74, 6) is 0.165. The molecule has 0 saturated carbocycles. The average molecular weight is 535 g/mol. The molecular weight excluding hydrogens is 513 g/mol. The van der Waals surface area contributed by atoms with Gasteiger partial charge in [0.25, 0.3) is 0 Å². The van der Waals surface area contributed by atoms with E-state index in [1.807, 2.05) is 78.2 Å². The summed E-state index contributed by atoms with van der Waals surface area (Å²) in [5.41, 5.74) is 4.92. The molecule has 10 heteroatoms. The topological polar surface area (TPSA) is 107 Å². The van der Waals surface area contributed by atoms with E-state index in [9.17, 15) is 8.42 Å². The van der Waals surface area contributed by atoms with Gasteiger partial charge in [-0.05, 0) is 24.1 Å². The van der Waals surface area contributed by atoms with Gasteiger partial charge in [0.05, 0.1) is 17.4 Å². The zero-order chi connectivity index (χ0) is 25.0. The summed E-state index contributed by atoms with van der Waals surface area (Å²) < 4.78 is 27.2. The quantitative estimate of drug-likeness (QED) is 0.243. The molecule has 2 heterocycles. The van der Waals surface area contributed by atoms with Crippen molar-refractivity contribution in [1.82, 2.24) is 9.97 Å². The van der Waals surface area contributed by atoms with Crippen LogP contribution in [0.4, 0.5) is 5.13 Å². The Morgan fingerprint density at radius 1 is 0.833 bits per heavy atom. The number of thiazole rings is 2. The molecule has 0 amide bonds. The van der Waals surface area contributed by atoms with Gasteiger partial charge in [-0.15, -0.1) is 22.7 Å². The number of rotatable bonds is 9. The van der Waals surface area contributed by atoms with E-state index in [1.54, 1.807) is 34.8 Å². The van der Waals surface area contributed by atoms with E-state index in [4.69, 9.17) is 19.3 Å². The Hall–Kier alpha value is -3.57. The number of benzene rings is 3. The van der Waals surface area contributed by atoms with Gasteiger partial charge in [0.2, 0.25) is 0 Å². The van der Waals surface area contributed by atoms with Crippen LogP contribution in [-0.2, 0) is 16.7 Å². The fourth-order valence-electron chi connectivity index (χ4n) is 3.67. The van der Waals surface area contributed by atoms with Gasteiger partial charge in [0.15, 0.2) is 5.13 Å². The van der Waals surface area contributed by atoms with Crippen LogP contribution in [0, 0.1) is 0 Å². The third kappa shape index (κ3) is 6.16. The van der Waals surface area contributed by atoms with Crippen molar-refractivity contribution < 1.29 is 12.6 Å². The zero-order valence-electron chi connectivity index (χ0n) is 18.9. The molecule has 5 rings (SSSR count). The summed E-state index contributed by atoms with van der Waals surface area (Å²) >= 11 is 3.14. The van der Waals surface area contributed by atoms with E-state index in [-0.39, 0.29) is 11.8 Å². The molecule has 0 spiro atoms. The first-order chi connectivity index (χ1) is 17.4. The first-order valence-electron chi connectivity index (χ1n) is 11.0. The molecule has 3 aromatic carbocycles. The summed E-state index contributed by atoms with van der Waals surface area (Å²) in [6, 6.07) is 26.8. The van der Waals surface area contributed by atoms with Crippen LogP contribution in [0.2, 0.25) is 0 Å². The van der Waals surface area contributed by atoms with Crippen LogP contribution in [0.5, 0.6) is 5.75 Å². The van der Waals surface area contributed by atoms with Crippen LogP contribution in [0.25, 0.3) is 21.8 Å². The summed E-state index contributed by atoms with van der Waals surface area (Å²) in [7, 11) is -4.07. The van der Waals surface area contributed by atoms with Crippen LogP contribution in [0.1, 0.15) is 17.3 Å². The molecule has 5 aromatic rings. The lowest BCUT2D eigenvalue weighted by atomic mass is 10.0. The molecule has 36 heavy (non-hydrogen) atoms. The number of nitrogens with two attached hydrogens (primary N) is 1. The first kappa shape index (κ1) is 24.1. The van der Waals surface area contributed by atoms with Gasteiger partial charge in [-0.3, -0.25) is 0 Å². The van der Waals surface area contributed by atoms with E-state index in [2.05, 4.69) is 10.7 Å². The van der Waals surface area contributed by atoms with Crippen molar-refractivity contribution in [1.29, 1.82) is 0 Å².